The number of aryl methyl sites for hydroxylation is 2. The molecule has 1 aromatic heterocycles. The molecular weight excluding hydrogens is 396 g/mol. The summed E-state index contributed by atoms with van der Waals surface area (Å²) in [6, 6.07) is 15.9. The number of hydrogen-bond donors (Lipinski definition) is 1. The molecule has 0 atom stereocenters. The monoisotopic (exact) mass is 422 g/mol. The molecule has 1 amide bonds. The van der Waals surface area contributed by atoms with Crippen LogP contribution in [0.1, 0.15) is 22.5 Å². The van der Waals surface area contributed by atoms with Gasteiger partial charge in [0, 0.05) is 13.1 Å². The molecule has 0 bridgehead atoms. The first-order chi connectivity index (χ1) is 14.6. The minimum absolute atomic E-state index is 0.0506. The molecule has 3 rings (SSSR count). The number of aromatic nitrogens is 3. The molecule has 0 aliphatic rings. The van der Waals surface area contributed by atoms with Crippen LogP contribution < -0.4 is 10.1 Å². The van der Waals surface area contributed by atoms with Crippen LogP contribution in [0.2, 0.25) is 0 Å². The molecule has 1 heterocycles. The minimum Gasteiger partial charge on any atom is -0.485 e. The highest BCUT2D eigenvalue weighted by Gasteiger charge is 2.15. The maximum absolute atomic E-state index is 12.2. The highest BCUT2D eigenvalue weighted by Crippen LogP contribution is 2.24. The Labute approximate surface area is 181 Å². The highest BCUT2D eigenvalue weighted by molar-refractivity contribution is 7.99. The van der Waals surface area contributed by atoms with Gasteiger partial charge in [-0.2, -0.15) is 0 Å². The molecule has 6 nitrogen and oxygen atoms in total. The van der Waals surface area contributed by atoms with Crippen molar-refractivity contribution in [1.29, 1.82) is 0 Å². The maximum Gasteiger partial charge on any atom is 0.230 e. The quantitative estimate of drug-likeness (QED) is 0.394. The van der Waals surface area contributed by atoms with Crippen LogP contribution in [0, 0.1) is 13.8 Å². The van der Waals surface area contributed by atoms with Crippen LogP contribution in [0.4, 0.5) is 0 Å². The Morgan fingerprint density at radius 1 is 1.13 bits per heavy atom. The number of benzene rings is 2. The van der Waals surface area contributed by atoms with E-state index in [1.807, 2.05) is 66.9 Å². The van der Waals surface area contributed by atoms with Crippen LogP contribution in [-0.2, 0) is 24.5 Å². The molecule has 0 aliphatic carbocycles. The Morgan fingerprint density at radius 3 is 2.57 bits per heavy atom. The molecule has 0 unspecified atom stereocenters. The number of carbonyl (C=O) groups excluding carboxylic acids is 1. The van der Waals surface area contributed by atoms with Crippen LogP contribution in [0.25, 0.3) is 0 Å². The molecule has 1 N–H and O–H groups in total. The highest BCUT2D eigenvalue weighted by atomic mass is 32.2. The molecule has 0 radical (unpaired) electrons. The fraction of sp³-hybridized carbons (Fsp3) is 0.261. The Balaban J connectivity index is 1.59. The van der Waals surface area contributed by atoms with E-state index in [0.717, 1.165) is 22.4 Å². The van der Waals surface area contributed by atoms with Crippen molar-refractivity contribution in [2.75, 3.05) is 5.75 Å². The number of amides is 1. The van der Waals surface area contributed by atoms with Crippen LogP contribution in [0.5, 0.6) is 5.75 Å². The van der Waals surface area contributed by atoms with Crippen molar-refractivity contribution >= 4 is 17.7 Å². The number of thioether (sulfide) groups is 1. The smallest absolute Gasteiger partial charge is 0.230 e. The zero-order valence-electron chi connectivity index (χ0n) is 17.3. The molecule has 0 spiro atoms. The van der Waals surface area contributed by atoms with E-state index in [2.05, 4.69) is 22.1 Å². The average Bonchev–Trinajstić information content (AvgIpc) is 3.13. The lowest BCUT2D eigenvalue weighted by molar-refractivity contribution is -0.118. The van der Waals surface area contributed by atoms with E-state index in [1.165, 1.54) is 11.8 Å². The van der Waals surface area contributed by atoms with Crippen LogP contribution in [0.15, 0.2) is 66.3 Å². The number of allylic oxidation sites excluding steroid dienone is 1. The Morgan fingerprint density at radius 2 is 1.87 bits per heavy atom. The van der Waals surface area contributed by atoms with Gasteiger partial charge in [-0.3, -0.25) is 9.36 Å². The molecule has 0 aliphatic heterocycles. The van der Waals surface area contributed by atoms with E-state index in [1.54, 1.807) is 6.08 Å². The van der Waals surface area contributed by atoms with Gasteiger partial charge in [-0.05, 0) is 30.5 Å². The molecule has 156 valence electrons. The predicted molar refractivity (Wildman–Crippen MR) is 119 cm³/mol. The fourth-order valence-corrected chi connectivity index (χ4v) is 3.78. The lowest BCUT2D eigenvalue weighted by atomic mass is 10.1. The van der Waals surface area contributed by atoms with Gasteiger partial charge in [0.05, 0.1) is 5.75 Å². The second-order valence-electron chi connectivity index (χ2n) is 6.86. The van der Waals surface area contributed by atoms with Gasteiger partial charge in [0.15, 0.2) is 11.0 Å². The van der Waals surface area contributed by atoms with Gasteiger partial charge in [0.2, 0.25) is 5.91 Å². The molecular formula is C23H26N4O2S. The average molecular weight is 423 g/mol. The van der Waals surface area contributed by atoms with E-state index < -0.39 is 0 Å². The standard InChI is InChI=1S/C23H26N4O2S/c1-4-13-27-20(15-29-22-17(2)9-8-10-18(22)3)25-26-23(27)30-16-21(28)24-14-19-11-6-5-7-12-19/h4-12H,1,13-16H2,2-3H3,(H,24,28). The second-order valence-corrected chi connectivity index (χ2v) is 7.80. The largest absolute Gasteiger partial charge is 0.485 e. The molecule has 0 fully saturated rings. The van der Waals surface area contributed by atoms with Crippen molar-refractivity contribution < 1.29 is 9.53 Å². The number of carbonyl (C=O) groups is 1. The Bertz CT molecular complexity index is 981. The second kappa shape index (κ2) is 10.6. The van der Waals surface area contributed by atoms with E-state index >= 15 is 0 Å². The van der Waals surface area contributed by atoms with Gasteiger partial charge >= 0.3 is 0 Å². The Hall–Kier alpha value is -3.06. The number of rotatable bonds is 10. The third-order valence-corrected chi connectivity index (χ3v) is 5.49. The summed E-state index contributed by atoms with van der Waals surface area (Å²) >= 11 is 1.35. The van der Waals surface area contributed by atoms with Gasteiger partial charge in [0.25, 0.3) is 0 Å². The maximum atomic E-state index is 12.2. The number of ether oxygens (including phenoxy) is 1. The fourth-order valence-electron chi connectivity index (χ4n) is 2.99. The van der Waals surface area contributed by atoms with Gasteiger partial charge in [-0.15, -0.1) is 16.8 Å². The predicted octanol–water partition coefficient (Wildman–Crippen LogP) is 4.07. The summed E-state index contributed by atoms with van der Waals surface area (Å²) in [5.41, 5.74) is 3.22. The molecule has 2 aromatic carbocycles. The zero-order chi connectivity index (χ0) is 21.3. The van der Waals surface area contributed by atoms with Gasteiger partial charge < -0.3 is 10.1 Å². The summed E-state index contributed by atoms with van der Waals surface area (Å²) in [7, 11) is 0. The molecule has 7 heteroatoms. The number of para-hydroxylation sites is 1. The first kappa shape index (κ1) is 21.6. The van der Waals surface area contributed by atoms with Gasteiger partial charge in [-0.25, -0.2) is 0 Å². The van der Waals surface area contributed by atoms with Gasteiger partial charge in [0.1, 0.15) is 12.4 Å². The van der Waals surface area contributed by atoms with Crippen molar-refractivity contribution in [1.82, 2.24) is 20.1 Å². The van der Waals surface area contributed by atoms with Gasteiger partial charge in [-0.1, -0.05) is 66.4 Å². The minimum atomic E-state index is -0.0506. The third kappa shape index (κ3) is 5.73. The van der Waals surface area contributed by atoms with Crippen LogP contribution in [-0.4, -0.2) is 26.4 Å². The summed E-state index contributed by atoms with van der Waals surface area (Å²) in [6.07, 6.45) is 1.78. The van der Waals surface area contributed by atoms with E-state index in [4.69, 9.17) is 4.74 Å². The first-order valence-electron chi connectivity index (χ1n) is 9.74. The summed E-state index contributed by atoms with van der Waals surface area (Å²) in [6.45, 7) is 9.21. The van der Waals surface area contributed by atoms with Crippen molar-refractivity contribution in [2.24, 2.45) is 0 Å². The molecule has 0 saturated carbocycles. The van der Waals surface area contributed by atoms with Crippen molar-refractivity contribution in [2.45, 2.75) is 38.7 Å². The van der Waals surface area contributed by atoms with E-state index in [9.17, 15) is 4.79 Å². The topological polar surface area (TPSA) is 69.0 Å². The number of nitrogens with one attached hydrogen (secondary N) is 1. The van der Waals surface area contributed by atoms with Crippen molar-refractivity contribution in [3.05, 3.63) is 83.7 Å². The summed E-state index contributed by atoms with van der Waals surface area (Å²) in [4.78, 5) is 12.2. The summed E-state index contributed by atoms with van der Waals surface area (Å²) in [5.74, 6) is 1.77. The summed E-state index contributed by atoms with van der Waals surface area (Å²) < 4.78 is 7.95. The van der Waals surface area contributed by atoms with E-state index in [-0.39, 0.29) is 11.7 Å². The normalized spacial score (nSPS) is 10.6. The van der Waals surface area contributed by atoms with Crippen molar-refractivity contribution in [3.63, 3.8) is 0 Å². The lowest BCUT2D eigenvalue weighted by Gasteiger charge is -2.12. The lowest BCUT2D eigenvalue weighted by Crippen LogP contribution is -2.24. The first-order valence-corrected chi connectivity index (χ1v) is 10.7. The Kier molecular flexibility index (Phi) is 7.68. The number of hydrogen-bond acceptors (Lipinski definition) is 5. The third-order valence-electron chi connectivity index (χ3n) is 4.52. The number of nitrogens with zero attached hydrogens (tertiary/aromatic N) is 3. The van der Waals surface area contributed by atoms with Crippen molar-refractivity contribution in [3.8, 4) is 5.75 Å². The van der Waals surface area contributed by atoms with Crippen LogP contribution in [0.3, 0.4) is 0 Å². The molecule has 3 aromatic rings. The molecule has 30 heavy (non-hydrogen) atoms. The summed E-state index contributed by atoms with van der Waals surface area (Å²) in [5, 5.41) is 12.1. The zero-order valence-corrected chi connectivity index (χ0v) is 18.1. The molecule has 0 saturated heterocycles. The van der Waals surface area contributed by atoms with Crippen LogP contribution >= 0.6 is 11.8 Å². The SMILES string of the molecule is C=CCn1c(COc2c(C)cccc2C)nnc1SCC(=O)NCc1ccccc1. The van der Waals surface area contributed by atoms with E-state index in [0.29, 0.717) is 30.7 Å².